The lowest BCUT2D eigenvalue weighted by atomic mass is 10.0. The first kappa shape index (κ1) is 17.2. The summed E-state index contributed by atoms with van der Waals surface area (Å²) in [6, 6.07) is 12.3. The Labute approximate surface area is 147 Å². The number of hydrogen-bond acceptors (Lipinski definition) is 4. The minimum Gasteiger partial charge on any atom is -0.361 e. The zero-order chi connectivity index (χ0) is 18.2. The molecule has 0 aliphatic rings. The summed E-state index contributed by atoms with van der Waals surface area (Å²) in [6.45, 7) is 7.54. The molecule has 6 heteroatoms. The van der Waals surface area contributed by atoms with E-state index in [0.717, 1.165) is 27.9 Å². The van der Waals surface area contributed by atoms with Gasteiger partial charge >= 0.3 is 0 Å². The van der Waals surface area contributed by atoms with Crippen molar-refractivity contribution in [2.75, 3.05) is 4.72 Å². The van der Waals surface area contributed by atoms with Gasteiger partial charge < -0.3 is 4.52 Å². The lowest BCUT2D eigenvalue weighted by molar-refractivity contribution is 0.393. The van der Waals surface area contributed by atoms with E-state index < -0.39 is 10.0 Å². The summed E-state index contributed by atoms with van der Waals surface area (Å²) in [5.41, 5.74) is 5.09. The normalized spacial score (nSPS) is 11.5. The molecule has 130 valence electrons. The smallest absolute Gasteiger partial charge is 0.261 e. The van der Waals surface area contributed by atoms with Gasteiger partial charge in [-0.3, -0.25) is 4.72 Å². The number of rotatable bonds is 4. The summed E-state index contributed by atoms with van der Waals surface area (Å²) in [6.07, 6.45) is 0. The molecule has 1 heterocycles. The molecule has 3 aromatic rings. The molecule has 3 rings (SSSR count). The predicted molar refractivity (Wildman–Crippen MR) is 98.1 cm³/mol. The minimum atomic E-state index is -3.65. The lowest BCUT2D eigenvalue weighted by Crippen LogP contribution is -2.14. The molecule has 0 saturated carbocycles. The van der Waals surface area contributed by atoms with E-state index in [1.165, 1.54) is 0 Å². The van der Waals surface area contributed by atoms with Crippen molar-refractivity contribution < 1.29 is 12.9 Å². The van der Waals surface area contributed by atoms with E-state index in [1.54, 1.807) is 30.3 Å². The van der Waals surface area contributed by atoms with Crippen LogP contribution in [0.15, 0.2) is 51.9 Å². The third-order valence-electron chi connectivity index (χ3n) is 4.34. The first-order valence-electron chi connectivity index (χ1n) is 7.92. The van der Waals surface area contributed by atoms with Crippen LogP contribution in [-0.2, 0) is 10.0 Å². The number of benzene rings is 2. The van der Waals surface area contributed by atoms with Crippen molar-refractivity contribution in [1.82, 2.24) is 5.16 Å². The first-order chi connectivity index (χ1) is 11.8. The minimum absolute atomic E-state index is 0.212. The zero-order valence-corrected chi connectivity index (χ0v) is 15.4. The number of hydrogen-bond donors (Lipinski definition) is 1. The summed E-state index contributed by atoms with van der Waals surface area (Å²) in [5, 5.41) is 3.93. The molecule has 0 atom stereocenters. The lowest BCUT2D eigenvalue weighted by Gasteiger charge is -2.12. The van der Waals surface area contributed by atoms with Gasteiger partial charge in [0.1, 0.15) is 5.76 Å². The molecule has 1 aromatic heterocycles. The van der Waals surface area contributed by atoms with Crippen molar-refractivity contribution >= 4 is 15.7 Å². The molecule has 0 spiro atoms. The summed E-state index contributed by atoms with van der Waals surface area (Å²) < 4.78 is 33.1. The highest BCUT2D eigenvalue weighted by Gasteiger charge is 2.17. The van der Waals surface area contributed by atoms with E-state index in [0.29, 0.717) is 11.4 Å². The number of nitrogens with one attached hydrogen (secondary N) is 1. The Hall–Kier alpha value is -2.60. The molecule has 0 unspecified atom stereocenters. The Morgan fingerprint density at radius 3 is 2.24 bits per heavy atom. The second-order valence-corrected chi connectivity index (χ2v) is 7.76. The summed E-state index contributed by atoms with van der Waals surface area (Å²) in [4.78, 5) is 0.212. The van der Waals surface area contributed by atoms with E-state index in [2.05, 4.69) is 9.88 Å². The molecule has 2 aromatic carbocycles. The van der Waals surface area contributed by atoms with Crippen LogP contribution in [0.5, 0.6) is 0 Å². The molecule has 25 heavy (non-hydrogen) atoms. The molecule has 0 aliphatic carbocycles. The molecule has 0 saturated heterocycles. The van der Waals surface area contributed by atoms with Gasteiger partial charge in [0.25, 0.3) is 10.0 Å². The highest BCUT2D eigenvalue weighted by molar-refractivity contribution is 7.92. The average molecular weight is 356 g/mol. The molecule has 0 radical (unpaired) electrons. The van der Waals surface area contributed by atoms with Crippen LogP contribution in [0.1, 0.15) is 22.6 Å². The third kappa shape index (κ3) is 3.30. The fourth-order valence-corrected chi connectivity index (χ4v) is 3.88. The Kier molecular flexibility index (Phi) is 4.39. The highest BCUT2D eigenvalue weighted by Crippen LogP contribution is 2.28. The Morgan fingerprint density at radius 2 is 1.64 bits per heavy atom. The van der Waals surface area contributed by atoms with Gasteiger partial charge in [0.15, 0.2) is 0 Å². The fourth-order valence-electron chi connectivity index (χ4n) is 2.76. The van der Waals surface area contributed by atoms with Gasteiger partial charge in [-0.25, -0.2) is 8.42 Å². The van der Waals surface area contributed by atoms with Crippen molar-refractivity contribution in [2.45, 2.75) is 32.6 Å². The zero-order valence-electron chi connectivity index (χ0n) is 14.6. The maximum absolute atomic E-state index is 12.7. The van der Waals surface area contributed by atoms with Crippen LogP contribution in [0.3, 0.4) is 0 Å². The molecule has 0 fully saturated rings. The van der Waals surface area contributed by atoms with Crippen LogP contribution in [-0.4, -0.2) is 13.6 Å². The standard InChI is InChI=1S/C19H20N2O3S/c1-12-6-5-7-18(13(12)2)21-25(22,23)17-10-8-16(9-11-17)19-14(3)20-24-15(19)4/h5-11,21H,1-4H3. The fraction of sp³-hybridized carbons (Fsp3) is 0.211. The average Bonchev–Trinajstić information content (AvgIpc) is 2.91. The van der Waals surface area contributed by atoms with Crippen molar-refractivity contribution in [3.8, 4) is 11.1 Å². The number of aromatic nitrogens is 1. The maximum Gasteiger partial charge on any atom is 0.261 e. The number of aryl methyl sites for hydroxylation is 3. The summed E-state index contributed by atoms with van der Waals surface area (Å²) >= 11 is 0. The molecule has 1 N–H and O–H groups in total. The van der Waals surface area contributed by atoms with Crippen LogP contribution >= 0.6 is 0 Å². The Balaban J connectivity index is 1.92. The highest BCUT2D eigenvalue weighted by atomic mass is 32.2. The van der Waals surface area contributed by atoms with Gasteiger partial charge in [-0.1, -0.05) is 29.4 Å². The van der Waals surface area contributed by atoms with Gasteiger partial charge in [0.05, 0.1) is 16.3 Å². The van der Waals surface area contributed by atoms with Crippen LogP contribution in [0.4, 0.5) is 5.69 Å². The number of anilines is 1. The van der Waals surface area contributed by atoms with Crippen molar-refractivity contribution in [2.24, 2.45) is 0 Å². The molecular weight excluding hydrogens is 336 g/mol. The van der Waals surface area contributed by atoms with Crippen LogP contribution in [0.2, 0.25) is 0 Å². The van der Waals surface area contributed by atoms with Crippen molar-refractivity contribution in [3.63, 3.8) is 0 Å². The van der Waals surface area contributed by atoms with Gasteiger partial charge in [0, 0.05) is 5.56 Å². The van der Waals surface area contributed by atoms with Gasteiger partial charge in [0.2, 0.25) is 0 Å². The number of nitrogens with zero attached hydrogens (tertiary/aromatic N) is 1. The summed E-state index contributed by atoms with van der Waals surface area (Å²) in [5.74, 6) is 0.710. The molecule has 5 nitrogen and oxygen atoms in total. The van der Waals surface area contributed by atoms with E-state index in [-0.39, 0.29) is 4.90 Å². The largest absolute Gasteiger partial charge is 0.361 e. The first-order valence-corrected chi connectivity index (χ1v) is 9.40. The molecule has 0 bridgehead atoms. The second-order valence-electron chi connectivity index (χ2n) is 6.08. The van der Waals surface area contributed by atoms with Gasteiger partial charge in [-0.05, 0) is 62.6 Å². The van der Waals surface area contributed by atoms with Crippen LogP contribution in [0.25, 0.3) is 11.1 Å². The third-order valence-corrected chi connectivity index (χ3v) is 5.72. The SMILES string of the molecule is Cc1cccc(NS(=O)(=O)c2ccc(-c3c(C)noc3C)cc2)c1C. The molecular formula is C19H20N2O3S. The Morgan fingerprint density at radius 1 is 0.960 bits per heavy atom. The van der Waals surface area contributed by atoms with E-state index >= 15 is 0 Å². The monoisotopic (exact) mass is 356 g/mol. The molecule has 0 aliphatic heterocycles. The number of sulfonamides is 1. The van der Waals surface area contributed by atoms with E-state index in [9.17, 15) is 8.42 Å². The second kappa shape index (κ2) is 6.37. The van der Waals surface area contributed by atoms with Crippen molar-refractivity contribution in [1.29, 1.82) is 0 Å². The quantitative estimate of drug-likeness (QED) is 0.753. The van der Waals surface area contributed by atoms with Crippen molar-refractivity contribution in [3.05, 3.63) is 65.0 Å². The predicted octanol–water partition coefficient (Wildman–Crippen LogP) is 4.38. The topological polar surface area (TPSA) is 72.2 Å². The van der Waals surface area contributed by atoms with Crippen LogP contribution in [0, 0.1) is 27.7 Å². The van der Waals surface area contributed by atoms with E-state index in [4.69, 9.17) is 4.52 Å². The molecule has 0 amide bonds. The van der Waals surface area contributed by atoms with Crippen LogP contribution < -0.4 is 4.72 Å². The van der Waals surface area contributed by atoms with Gasteiger partial charge in [-0.15, -0.1) is 0 Å². The van der Waals surface area contributed by atoms with Gasteiger partial charge in [-0.2, -0.15) is 0 Å². The van der Waals surface area contributed by atoms with E-state index in [1.807, 2.05) is 39.8 Å². The summed E-state index contributed by atoms with van der Waals surface area (Å²) in [7, 11) is -3.65. The maximum atomic E-state index is 12.7. The Bertz CT molecular complexity index is 1000.